The van der Waals surface area contributed by atoms with E-state index in [9.17, 15) is 13.2 Å². The number of carbonyl (C=O) groups excluding carboxylic acids is 1. The number of thiophene rings is 1. The monoisotopic (exact) mass is 448 g/mol. The maximum absolute atomic E-state index is 12.8. The van der Waals surface area contributed by atoms with E-state index in [2.05, 4.69) is 0 Å². The number of likely N-dealkylation sites (tertiary alicyclic amines) is 1. The Balaban J connectivity index is 1.36. The highest BCUT2D eigenvalue weighted by Crippen LogP contribution is 2.35. The molecule has 1 amide bonds. The van der Waals surface area contributed by atoms with Crippen molar-refractivity contribution in [1.29, 1.82) is 0 Å². The molecular formula is C22H28N2O4S2. The first-order valence-corrected chi connectivity index (χ1v) is 12.8. The summed E-state index contributed by atoms with van der Waals surface area (Å²) < 4.78 is 32.6. The zero-order valence-electron chi connectivity index (χ0n) is 17.2. The fourth-order valence-corrected chi connectivity index (χ4v) is 6.96. The second-order valence-electron chi connectivity index (χ2n) is 8.03. The van der Waals surface area contributed by atoms with E-state index in [-0.39, 0.29) is 12.5 Å². The van der Waals surface area contributed by atoms with Crippen molar-refractivity contribution in [2.75, 3.05) is 24.5 Å². The molecule has 2 fully saturated rings. The molecule has 0 N–H and O–H groups in total. The Morgan fingerprint density at radius 1 is 1.13 bits per heavy atom. The SMILES string of the molecule is CN(c1ccc(OCC(=O)N2CCC[C@H]3CCCC[C@H]32)cc1)S(=O)(=O)c1cccs1. The van der Waals surface area contributed by atoms with E-state index in [4.69, 9.17) is 4.74 Å². The topological polar surface area (TPSA) is 66.9 Å². The highest BCUT2D eigenvalue weighted by molar-refractivity contribution is 7.94. The summed E-state index contributed by atoms with van der Waals surface area (Å²) in [7, 11) is -2.03. The molecule has 2 aromatic rings. The van der Waals surface area contributed by atoms with Crippen LogP contribution in [-0.4, -0.2) is 45.5 Å². The Kier molecular flexibility index (Phi) is 6.34. The number of nitrogens with zero attached hydrogens (tertiary/aromatic N) is 2. The minimum atomic E-state index is -3.56. The third-order valence-electron chi connectivity index (χ3n) is 6.24. The molecule has 1 aliphatic heterocycles. The van der Waals surface area contributed by atoms with Crippen LogP contribution in [0.4, 0.5) is 5.69 Å². The summed E-state index contributed by atoms with van der Waals surface area (Å²) >= 11 is 1.19. The normalized spacial score (nSPS) is 21.7. The van der Waals surface area contributed by atoms with Crippen LogP contribution in [0.25, 0.3) is 0 Å². The molecule has 0 unspecified atom stereocenters. The molecule has 2 aliphatic rings. The van der Waals surface area contributed by atoms with Crippen molar-refractivity contribution in [3.8, 4) is 5.75 Å². The van der Waals surface area contributed by atoms with Gasteiger partial charge in [-0.25, -0.2) is 8.42 Å². The summed E-state index contributed by atoms with van der Waals surface area (Å²) in [6.07, 6.45) is 7.14. The predicted octanol–water partition coefficient (Wildman–Crippen LogP) is 4.13. The minimum Gasteiger partial charge on any atom is -0.484 e. The first-order chi connectivity index (χ1) is 14.5. The van der Waals surface area contributed by atoms with Gasteiger partial charge in [-0.2, -0.15) is 0 Å². The van der Waals surface area contributed by atoms with Gasteiger partial charge in [-0.3, -0.25) is 9.10 Å². The van der Waals surface area contributed by atoms with E-state index < -0.39 is 10.0 Å². The molecule has 1 aromatic heterocycles. The van der Waals surface area contributed by atoms with Gasteiger partial charge in [0.05, 0.1) is 5.69 Å². The van der Waals surface area contributed by atoms with Gasteiger partial charge >= 0.3 is 0 Å². The fraction of sp³-hybridized carbons (Fsp3) is 0.500. The average molecular weight is 449 g/mol. The van der Waals surface area contributed by atoms with Gasteiger partial charge in [0.15, 0.2) is 6.61 Å². The van der Waals surface area contributed by atoms with Gasteiger partial charge in [0.2, 0.25) is 0 Å². The van der Waals surface area contributed by atoms with E-state index in [1.807, 2.05) is 4.90 Å². The number of carbonyl (C=O) groups is 1. The van der Waals surface area contributed by atoms with Crippen LogP contribution >= 0.6 is 11.3 Å². The third-order valence-corrected chi connectivity index (χ3v) is 9.39. The molecule has 1 aromatic carbocycles. The van der Waals surface area contributed by atoms with Crippen LogP contribution in [0.5, 0.6) is 5.75 Å². The molecule has 6 nitrogen and oxygen atoms in total. The summed E-state index contributed by atoms with van der Waals surface area (Å²) in [5.74, 6) is 1.26. The second kappa shape index (κ2) is 8.98. The largest absolute Gasteiger partial charge is 0.484 e. The highest BCUT2D eigenvalue weighted by Gasteiger charge is 2.35. The van der Waals surface area contributed by atoms with Crippen LogP contribution in [-0.2, 0) is 14.8 Å². The fourth-order valence-electron chi connectivity index (χ4n) is 4.60. The molecule has 1 saturated heterocycles. The maximum Gasteiger partial charge on any atom is 0.273 e. The molecule has 2 heterocycles. The number of hydrogen-bond donors (Lipinski definition) is 0. The smallest absolute Gasteiger partial charge is 0.273 e. The molecular weight excluding hydrogens is 420 g/mol. The minimum absolute atomic E-state index is 0.0197. The van der Waals surface area contributed by atoms with Crippen LogP contribution in [0.2, 0.25) is 0 Å². The number of benzene rings is 1. The summed E-state index contributed by atoms with van der Waals surface area (Å²) in [4.78, 5) is 14.8. The van der Waals surface area contributed by atoms with Gasteiger partial charge in [-0.15, -0.1) is 11.3 Å². The average Bonchev–Trinajstić information content (AvgIpc) is 3.33. The molecule has 162 valence electrons. The van der Waals surface area contributed by atoms with Gasteiger partial charge in [-0.1, -0.05) is 18.9 Å². The lowest BCUT2D eigenvalue weighted by Gasteiger charge is -2.44. The predicted molar refractivity (Wildman–Crippen MR) is 119 cm³/mol. The van der Waals surface area contributed by atoms with Gasteiger partial charge in [0.1, 0.15) is 9.96 Å². The molecule has 8 heteroatoms. The van der Waals surface area contributed by atoms with Gasteiger partial charge in [0.25, 0.3) is 15.9 Å². The Hall–Kier alpha value is -2.06. The molecule has 0 spiro atoms. The van der Waals surface area contributed by atoms with Crippen molar-refractivity contribution in [3.05, 3.63) is 41.8 Å². The van der Waals surface area contributed by atoms with E-state index >= 15 is 0 Å². The van der Waals surface area contributed by atoms with E-state index in [0.717, 1.165) is 19.4 Å². The van der Waals surface area contributed by atoms with Crippen LogP contribution in [0, 0.1) is 5.92 Å². The lowest BCUT2D eigenvalue weighted by molar-refractivity contribution is -0.139. The lowest BCUT2D eigenvalue weighted by Crippen LogP contribution is -2.51. The summed E-state index contributed by atoms with van der Waals surface area (Å²) in [6.45, 7) is 0.847. The van der Waals surface area contributed by atoms with Crippen LogP contribution in [0.1, 0.15) is 38.5 Å². The van der Waals surface area contributed by atoms with Crippen molar-refractivity contribution >= 4 is 33.0 Å². The quantitative estimate of drug-likeness (QED) is 0.666. The number of rotatable bonds is 6. The Morgan fingerprint density at radius 3 is 2.60 bits per heavy atom. The highest BCUT2D eigenvalue weighted by atomic mass is 32.2. The number of amides is 1. The first-order valence-electron chi connectivity index (χ1n) is 10.5. The van der Waals surface area contributed by atoms with E-state index in [0.29, 0.717) is 27.6 Å². The van der Waals surface area contributed by atoms with Crippen molar-refractivity contribution in [1.82, 2.24) is 4.90 Å². The van der Waals surface area contributed by atoms with Crippen LogP contribution in [0.15, 0.2) is 46.0 Å². The molecule has 0 radical (unpaired) electrons. The summed E-state index contributed by atoms with van der Waals surface area (Å²) in [5, 5.41) is 1.74. The number of anilines is 1. The first kappa shape index (κ1) is 21.2. The zero-order chi connectivity index (χ0) is 21.1. The van der Waals surface area contributed by atoms with E-state index in [1.54, 1.807) is 41.8 Å². The van der Waals surface area contributed by atoms with E-state index in [1.165, 1.54) is 48.4 Å². The molecule has 1 aliphatic carbocycles. The number of sulfonamides is 1. The number of ether oxygens (including phenoxy) is 1. The van der Waals surface area contributed by atoms with Crippen molar-refractivity contribution in [2.45, 2.75) is 48.8 Å². The van der Waals surface area contributed by atoms with Crippen molar-refractivity contribution < 1.29 is 17.9 Å². The molecule has 2 atom stereocenters. The summed E-state index contributed by atoms with van der Waals surface area (Å²) in [6, 6.07) is 10.5. The van der Waals surface area contributed by atoms with Crippen molar-refractivity contribution in [2.24, 2.45) is 5.92 Å². The number of piperidine rings is 1. The van der Waals surface area contributed by atoms with Gasteiger partial charge in [0, 0.05) is 19.6 Å². The molecule has 1 saturated carbocycles. The maximum atomic E-state index is 12.8. The van der Waals surface area contributed by atoms with Crippen LogP contribution in [0.3, 0.4) is 0 Å². The van der Waals surface area contributed by atoms with Gasteiger partial charge in [-0.05, 0) is 67.3 Å². The van der Waals surface area contributed by atoms with Crippen LogP contribution < -0.4 is 9.04 Å². The lowest BCUT2D eigenvalue weighted by atomic mass is 9.78. The Bertz CT molecular complexity index is 956. The number of fused-ring (bicyclic) bond motifs is 1. The standard InChI is InChI=1S/C22H28N2O4S2/c1-23(30(26,27)22-9-5-15-29-22)18-10-12-19(13-11-18)28-16-21(25)24-14-4-7-17-6-2-3-8-20(17)24/h5,9-13,15,17,20H,2-4,6-8,14,16H2,1H3/t17-,20-/m1/s1. The Morgan fingerprint density at radius 2 is 1.87 bits per heavy atom. The third kappa shape index (κ3) is 4.34. The molecule has 30 heavy (non-hydrogen) atoms. The van der Waals surface area contributed by atoms with Crippen molar-refractivity contribution in [3.63, 3.8) is 0 Å². The van der Waals surface area contributed by atoms with Gasteiger partial charge < -0.3 is 9.64 Å². The zero-order valence-corrected chi connectivity index (χ0v) is 18.8. The molecule has 0 bridgehead atoms. The Labute approximate surface area is 182 Å². The summed E-state index contributed by atoms with van der Waals surface area (Å²) in [5.41, 5.74) is 0.545. The second-order valence-corrected chi connectivity index (χ2v) is 11.2. The number of hydrogen-bond acceptors (Lipinski definition) is 5. The molecule has 4 rings (SSSR count).